The van der Waals surface area contributed by atoms with E-state index in [1.807, 2.05) is 35.0 Å². The molecule has 0 radical (unpaired) electrons. The Labute approximate surface area is 242 Å². The molecule has 3 atom stereocenters. The summed E-state index contributed by atoms with van der Waals surface area (Å²) in [5, 5.41) is 0.694. The van der Waals surface area contributed by atoms with Gasteiger partial charge in [-0.3, -0.25) is 4.79 Å². The number of rotatable bonds is 8. The molecule has 2 aliphatic rings. The second-order valence-corrected chi connectivity index (χ2v) is 13.0. The number of benzene rings is 2. The monoisotopic (exact) mass is 560 g/mol. The number of thioether (sulfide) groups is 1. The van der Waals surface area contributed by atoms with Crippen LogP contribution in [0.5, 0.6) is 5.75 Å². The van der Waals surface area contributed by atoms with E-state index in [0.717, 1.165) is 35.0 Å². The molecule has 0 bridgehead atoms. The van der Waals surface area contributed by atoms with Crippen LogP contribution in [0.2, 0.25) is 0 Å². The predicted octanol–water partition coefficient (Wildman–Crippen LogP) is 8.96. The summed E-state index contributed by atoms with van der Waals surface area (Å²) in [5.41, 5.74) is 4.24. The van der Waals surface area contributed by atoms with Crippen molar-refractivity contribution in [3.63, 3.8) is 0 Å². The number of allylic oxidation sites excluding steroid dienone is 2. The van der Waals surface area contributed by atoms with Gasteiger partial charge in [-0.05, 0) is 110 Å². The fourth-order valence-electron chi connectivity index (χ4n) is 5.97. The molecule has 2 aromatic carbocycles. The number of carbonyl (C=O) groups excluding carboxylic acids is 1. The van der Waals surface area contributed by atoms with Gasteiger partial charge in [0.1, 0.15) is 23.2 Å². The molecule has 1 aromatic heterocycles. The highest BCUT2D eigenvalue weighted by Crippen LogP contribution is 2.43. The van der Waals surface area contributed by atoms with E-state index in [9.17, 15) is 9.18 Å². The van der Waals surface area contributed by atoms with Crippen LogP contribution in [-0.4, -0.2) is 27.7 Å². The molecule has 212 valence electrons. The molecule has 2 heterocycles. The van der Waals surface area contributed by atoms with Gasteiger partial charge in [-0.2, -0.15) is 0 Å². The van der Waals surface area contributed by atoms with Crippen molar-refractivity contribution in [3.8, 4) is 22.7 Å². The van der Waals surface area contributed by atoms with Gasteiger partial charge in [-0.25, -0.2) is 9.37 Å². The van der Waals surface area contributed by atoms with Crippen LogP contribution in [0, 0.1) is 17.7 Å². The van der Waals surface area contributed by atoms with E-state index in [1.165, 1.54) is 57.1 Å². The first-order chi connectivity index (χ1) is 19.4. The van der Waals surface area contributed by atoms with Gasteiger partial charge in [0.25, 0.3) is 0 Å². The van der Waals surface area contributed by atoms with Crippen LogP contribution in [-0.2, 0) is 11.2 Å². The molecule has 3 unspecified atom stereocenters. The maximum atomic E-state index is 13.6. The average molecular weight is 561 g/mol. The van der Waals surface area contributed by atoms with Gasteiger partial charge in [-0.1, -0.05) is 25.8 Å². The van der Waals surface area contributed by atoms with Crippen LogP contribution in [0.4, 0.5) is 4.39 Å². The largest absolute Gasteiger partial charge is 0.497 e. The number of ketones is 1. The molecule has 6 heteroatoms. The van der Waals surface area contributed by atoms with Crippen molar-refractivity contribution in [3.05, 3.63) is 76.8 Å². The lowest BCUT2D eigenvalue weighted by Crippen LogP contribution is -2.12. The van der Waals surface area contributed by atoms with Crippen molar-refractivity contribution in [2.75, 3.05) is 7.11 Å². The fourth-order valence-corrected chi connectivity index (χ4v) is 7.40. The summed E-state index contributed by atoms with van der Waals surface area (Å²) in [6, 6.07) is 14.1. The molecular weight excluding hydrogens is 519 g/mol. The summed E-state index contributed by atoms with van der Waals surface area (Å²) in [7, 11) is 1.64. The number of halogens is 1. The van der Waals surface area contributed by atoms with Gasteiger partial charge in [-0.15, -0.1) is 11.8 Å². The van der Waals surface area contributed by atoms with Crippen LogP contribution in [0.1, 0.15) is 77.5 Å². The van der Waals surface area contributed by atoms with Crippen molar-refractivity contribution < 1.29 is 13.9 Å². The highest BCUT2D eigenvalue weighted by Gasteiger charge is 2.25. The lowest BCUT2D eigenvalue weighted by atomic mass is 9.86. The molecule has 5 rings (SSSR count). The van der Waals surface area contributed by atoms with E-state index >= 15 is 0 Å². The van der Waals surface area contributed by atoms with Crippen LogP contribution < -0.4 is 4.74 Å². The quantitative estimate of drug-likeness (QED) is 0.276. The molecule has 1 aliphatic carbocycles. The summed E-state index contributed by atoms with van der Waals surface area (Å²) in [5.74, 6) is 2.77. The number of Topliss-reactive ketones (excluding diaryl/α,β-unsaturated/α-hetero) is 1. The van der Waals surface area contributed by atoms with Crippen molar-refractivity contribution in [2.45, 2.75) is 83.3 Å². The Morgan fingerprint density at radius 3 is 2.55 bits per heavy atom. The summed E-state index contributed by atoms with van der Waals surface area (Å²) in [4.78, 5) is 19.8. The Morgan fingerprint density at radius 2 is 1.80 bits per heavy atom. The summed E-state index contributed by atoms with van der Waals surface area (Å²) in [6.07, 6.45) is 12.4. The minimum atomic E-state index is -0.287. The summed E-state index contributed by atoms with van der Waals surface area (Å²) < 4.78 is 20.9. The number of hydrogen-bond donors (Lipinski definition) is 0. The average Bonchev–Trinajstić information content (AvgIpc) is 3.31. The predicted molar refractivity (Wildman–Crippen MR) is 163 cm³/mol. The van der Waals surface area contributed by atoms with Gasteiger partial charge < -0.3 is 9.30 Å². The lowest BCUT2D eigenvalue weighted by Gasteiger charge is -2.23. The van der Waals surface area contributed by atoms with Gasteiger partial charge >= 0.3 is 0 Å². The van der Waals surface area contributed by atoms with Crippen molar-refractivity contribution in [2.24, 2.45) is 11.8 Å². The minimum absolute atomic E-state index is 0.212. The third kappa shape index (κ3) is 7.06. The van der Waals surface area contributed by atoms with Crippen molar-refractivity contribution in [1.82, 2.24) is 9.55 Å². The standard InChI is InChI=1S/C34H41FN2O2S/c1-23-7-10-27-6-4-5-25(9-20-33(27)40-24(23)2)8-17-30(38)21-34-36-32(26-11-18-31(39-3)19-12-26)22-37(34)29-15-13-28(35)14-16-29/h11-16,18-19,22-25H,4-10,17,20-21H2,1-3H3. The minimum Gasteiger partial charge on any atom is -0.497 e. The molecule has 0 saturated heterocycles. The molecular formula is C34H41FN2O2S. The lowest BCUT2D eigenvalue weighted by molar-refractivity contribution is -0.118. The Kier molecular flexibility index (Phi) is 9.46. The number of imidazole rings is 1. The highest BCUT2D eigenvalue weighted by molar-refractivity contribution is 8.03. The first-order valence-electron chi connectivity index (χ1n) is 14.8. The molecule has 0 spiro atoms. The maximum absolute atomic E-state index is 13.6. The number of ether oxygens (including phenoxy) is 1. The topological polar surface area (TPSA) is 44.1 Å². The first kappa shape index (κ1) is 28.7. The van der Waals surface area contributed by atoms with E-state index in [0.29, 0.717) is 23.4 Å². The van der Waals surface area contributed by atoms with Gasteiger partial charge in [0.15, 0.2) is 0 Å². The number of aromatic nitrogens is 2. The van der Waals surface area contributed by atoms with Crippen LogP contribution in [0.15, 0.2) is 65.2 Å². The third-order valence-corrected chi connectivity index (χ3v) is 10.4. The van der Waals surface area contributed by atoms with Crippen LogP contribution in [0.3, 0.4) is 0 Å². The molecule has 40 heavy (non-hydrogen) atoms. The SMILES string of the molecule is COc1ccc(-c2cn(-c3ccc(F)cc3)c(CC(=O)CCC3CCCC4=C(CC3)SC(C)C(C)CC4)n2)cc1. The summed E-state index contributed by atoms with van der Waals surface area (Å²) >= 11 is 2.12. The number of nitrogens with zero attached hydrogens (tertiary/aromatic N) is 2. The second kappa shape index (κ2) is 13.2. The van der Waals surface area contributed by atoms with E-state index in [1.54, 1.807) is 29.7 Å². The zero-order valence-electron chi connectivity index (χ0n) is 24.0. The van der Waals surface area contributed by atoms with Crippen LogP contribution >= 0.6 is 11.8 Å². The fraction of sp³-hybridized carbons (Fsp3) is 0.471. The second-order valence-electron chi connectivity index (χ2n) is 11.5. The number of methoxy groups -OCH3 is 1. The van der Waals surface area contributed by atoms with E-state index in [-0.39, 0.29) is 18.0 Å². The molecule has 0 saturated carbocycles. The van der Waals surface area contributed by atoms with Gasteiger partial charge in [0, 0.05) is 29.1 Å². The van der Waals surface area contributed by atoms with E-state index in [4.69, 9.17) is 9.72 Å². The molecule has 3 aromatic rings. The summed E-state index contributed by atoms with van der Waals surface area (Å²) in [6.45, 7) is 4.78. The smallest absolute Gasteiger partial charge is 0.140 e. The Balaban J connectivity index is 1.25. The number of carbonyl (C=O) groups is 1. The third-order valence-electron chi connectivity index (χ3n) is 8.75. The number of hydrogen-bond acceptors (Lipinski definition) is 4. The molecule has 4 nitrogen and oxygen atoms in total. The molecule has 0 fully saturated rings. The normalized spacial score (nSPS) is 21.8. The highest BCUT2D eigenvalue weighted by atomic mass is 32.2. The van der Waals surface area contributed by atoms with Gasteiger partial charge in [0.2, 0.25) is 0 Å². The molecule has 0 amide bonds. The molecule has 1 aliphatic heterocycles. The Morgan fingerprint density at radius 1 is 1.02 bits per heavy atom. The first-order valence-corrected chi connectivity index (χ1v) is 15.7. The zero-order chi connectivity index (χ0) is 28.1. The Hall–Kier alpha value is -2.86. The van der Waals surface area contributed by atoms with Crippen molar-refractivity contribution >= 4 is 17.5 Å². The van der Waals surface area contributed by atoms with E-state index in [2.05, 4.69) is 25.6 Å². The van der Waals surface area contributed by atoms with Crippen molar-refractivity contribution in [1.29, 1.82) is 0 Å². The Bertz CT molecular complexity index is 1330. The zero-order valence-corrected chi connectivity index (χ0v) is 24.8. The van der Waals surface area contributed by atoms with E-state index < -0.39 is 0 Å². The maximum Gasteiger partial charge on any atom is 0.140 e. The van der Waals surface area contributed by atoms with Crippen LogP contribution in [0.25, 0.3) is 16.9 Å². The molecule has 0 N–H and O–H groups in total. The van der Waals surface area contributed by atoms with Gasteiger partial charge in [0.05, 0.1) is 19.2 Å².